The van der Waals surface area contributed by atoms with Gasteiger partial charge in [-0.25, -0.2) is 8.42 Å². The first-order chi connectivity index (χ1) is 16.5. The number of anilines is 1. The van der Waals surface area contributed by atoms with E-state index in [0.717, 1.165) is 28.1 Å². The number of carbonyl (C=O) groups is 2. The number of hydrogen-bond donors (Lipinski definition) is 1. The van der Waals surface area contributed by atoms with E-state index in [2.05, 4.69) is 5.32 Å². The van der Waals surface area contributed by atoms with Gasteiger partial charge in [-0.15, -0.1) is 0 Å². The molecule has 0 radical (unpaired) electrons. The molecule has 2 aromatic carbocycles. The lowest BCUT2D eigenvalue weighted by Gasteiger charge is -2.33. The average Bonchev–Trinajstić information content (AvgIpc) is 2.82. The highest BCUT2D eigenvalue weighted by Crippen LogP contribution is 2.29. The molecular formula is C26H37N3O5S. The van der Waals surface area contributed by atoms with Crippen LogP contribution in [0.25, 0.3) is 0 Å². The van der Waals surface area contributed by atoms with Crippen LogP contribution in [0.15, 0.2) is 48.5 Å². The lowest BCUT2D eigenvalue weighted by molar-refractivity contribution is -0.140. The summed E-state index contributed by atoms with van der Waals surface area (Å²) in [5.74, 6) is -0.407. The Labute approximate surface area is 209 Å². The van der Waals surface area contributed by atoms with Crippen LogP contribution in [0.3, 0.4) is 0 Å². The molecule has 2 atom stereocenters. The Hall–Kier alpha value is -3.07. The van der Waals surface area contributed by atoms with Gasteiger partial charge in [0.1, 0.15) is 18.3 Å². The molecule has 35 heavy (non-hydrogen) atoms. The number of para-hydroxylation sites is 2. The molecule has 0 unspecified atom stereocenters. The van der Waals surface area contributed by atoms with Crippen LogP contribution in [0.5, 0.6) is 5.75 Å². The van der Waals surface area contributed by atoms with Crippen LogP contribution in [0.4, 0.5) is 5.69 Å². The smallest absolute Gasteiger partial charge is 0.244 e. The zero-order valence-electron chi connectivity index (χ0n) is 21.4. The van der Waals surface area contributed by atoms with E-state index in [1.165, 1.54) is 12.0 Å². The van der Waals surface area contributed by atoms with Gasteiger partial charge in [0, 0.05) is 12.6 Å². The lowest BCUT2D eigenvalue weighted by atomic mass is 10.1. The number of hydrogen-bond acceptors (Lipinski definition) is 5. The highest BCUT2D eigenvalue weighted by atomic mass is 32.2. The fourth-order valence-electron chi connectivity index (χ4n) is 3.68. The van der Waals surface area contributed by atoms with E-state index in [0.29, 0.717) is 12.2 Å². The van der Waals surface area contributed by atoms with E-state index in [4.69, 9.17) is 4.74 Å². The molecule has 0 saturated heterocycles. The van der Waals surface area contributed by atoms with Gasteiger partial charge in [0.15, 0.2) is 0 Å². The van der Waals surface area contributed by atoms with E-state index in [-0.39, 0.29) is 24.2 Å². The van der Waals surface area contributed by atoms with Gasteiger partial charge in [-0.3, -0.25) is 13.9 Å². The van der Waals surface area contributed by atoms with Crippen LogP contribution >= 0.6 is 0 Å². The average molecular weight is 504 g/mol. The first kappa shape index (κ1) is 28.2. The number of ether oxygens (including phenoxy) is 1. The maximum Gasteiger partial charge on any atom is 0.244 e. The van der Waals surface area contributed by atoms with Crippen LogP contribution in [-0.2, 0) is 26.2 Å². The topological polar surface area (TPSA) is 96.0 Å². The summed E-state index contributed by atoms with van der Waals surface area (Å²) in [4.78, 5) is 28.3. The SMILES string of the molecule is CC[C@H](C(=O)N[C@@H](C)CC)N(Cc1ccc(C)cc1)C(=O)CN(c1ccccc1OC)S(C)(=O)=O. The molecule has 0 bridgehead atoms. The Balaban J connectivity index is 2.46. The van der Waals surface area contributed by atoms with Gasteiger partial charge in [0.2, 0.25) is 21.8 Å². The Kier molecular flexibility index (Phi) is 10.1. The summed E-state index contributed by atoms with van der Waals surface area (Å²) in [6, 6.07) is 13.5. The molecule has 192 valence electrons. The van der Waals surface area contributed by atoms with Crippen molar-refractivity contribution in [2.24, 2.45) is 0 Å². The van der Waals surface area contributed by atoms with Crippen LogP contribution in [0.2, 0.25) is 0 Å². The molecule has 2 rings (SSSR count). The number of rotatable bonds is 12. The normalized spacial score (nSPS) is 13.0. The maximum absolute atomic E-state index is 13.7. The Morgan fingerprint density at radius 3 is 2.20 bits per heavy atom. The number of nitrogens with one attached hydrogen (secondary N) is 1. The molecule has 1 N–H and O–H groups in total. The van der Waals surface area contributed by atoms with Gasteiger partial charge >= 0.3 is 0 Å². The minimum atomic E-state index is -3.83. The fraction of sp³-hybridized carbons (Fsp3) is 0.462. The zero-order chi connectivity index (χ0) is 26.2. The summed E-state index contributed by atoms with van der Waals surface area (Å²) in [6.07, 6.45) is 2.18. The Morgan fingerprint density at radius 2 is 1.66 bits per heavy atom. The molecule has 0 heterocycles. The second-order valence-corrected chi connectivity index (χ2v) is 10.6. The molecule has 2 aromatic rings. The van der Waals surface area contributed by atoms with Gasteiger partial charge in [0.25, 0.3) is 0 Å². The lowest BCUT2D eigenvalue weighted by Crippen LogP contribution is -2.53. The van der Waals surface area contributed by atoms with Crippen LogP contribution < -0.4 is 14.4 Å². The minimum Gasteiger partial charge on any atom is -0.495 e. The first-order valence-electron chi connectivity index (χ1n) is 11.8. The molecule has 0 fully saturated rings. The molecule has 2 amide bonds. The van der Waals surface area contributed by atoms with E-state index in [1.54, 1.807) is 24.3 Å². The number of benzene rings is 2. The monoisotopic (exact) mass is 503 g/mol. The number of aryl methyl sites for hydroxylation is 1. The predicted molar refractivity (Wildman–Crippen MR) is 139 cm³/mol. The minimum absolute atomic E-state index is 0.0472. The number of sulfonamides is 1. The van der Waals surface area contributed by atoms with Crippen molar-refractivity contribution >= 4 is 27.5 Å². The van der Waals surface area contributed by atoms with Crippen molar-refractivity contribution in [3.63, 3.8) is 0 Å². The van der Waals surface area contributed by atoms with Crippen molar-refractivity contribution in [2.45, 2.75) is 59.2 Å². The van der Waals surface area contributed by atoms with Gasteiger partial charge in [-0.05, 0) is 44.4 Å². The highest BCUT2D eigenvalue weighted by Gasteiger charge is 2.32. The predicted octanol–water partition coefficient (Wildman–Crippen LogP) is 3.49. The molecule has 0 spiro atoms. The molecular weight excluding hydrogens is 466 g/mol. The third kappa shape index (κ3) is 7.71. The molecule has 8 nitrogen and oxygen atoms in total. The fourth-order valence-corrected chi connectivity index (χ4v) is 4.53. The molecule has 0 aromatic heterocycles. The quantitative estimate of drug-likeness (QED) is 0.478. The maximum atomic E-state index is 13.7. The summed E-state index contributed by atoms with van der Waals surface area (Å²) in [5.41, 5.74) is 2.19. The van der Waals surface area contributed by atoms with E-state index in [9.17, 15) is 18.0 Å². The highest BCUT2D eigenvalue weighted by molar-refractivity contribution is 7.92. The standard InChI is InChI=1S/C26H37N3O5S/c1-7-20(4)27-26(31)22(8-2)28(17-21-15-13-19(3)14-16-21)25(30)18-29(35(6,32)33)23-11-9-10-12-24(23)34-5/h9-16,20,22H,7-8,17-18H2,1-6H3,(H,27,31)/t20-,22+/m0/s1. The molecule has 9 heteroatoms. The Bertz CT molecular complexity index is 1100. The number of nitrogens with zero attached hydrogens (tertiary/aromatic N) is 2. The largest absolute Gasteiger partial charge is 0.495 e. The summed E-state index contributed by atoms with van der Waals surface area (Å²) in [5, 5.41) is 2.96. The van der Waals surface area contributed by atoms with E-state index >= 15 is 0 Å². The first-order valence-corrected chi connectivity index (χ1v) is 13.6. The van der Waals surface area contributed by atoms with E-state index < -0.39 is 28.5 Å². The summed E-state index contributed by atoms with van der Waals surface area (Å²) in [7, 11) is -2.39. The molecule has 0 aliphatic carbocycles. The van der Waals surface area contributed by atoms with Crippen molar-refractivity contribution in [1.29, 1.82) is 0 Å². The second kappa shape index (κ2) is 12.6. The van der Waals surface area contributed by atoms with Crippen LogP contribution in [0.1, 0.15) is 44.7 Å². The zero-order valence-corrected chi connectivity index (χ0v) is 22.3. The summed E-state index contributed by atoms with van der Waals surface area (Å²) >= 11 is 0. The third-order valence-corrected chi connectivity index (χ3v) is 7.02. The number of amides is 2. The van der Waals surface area contributed by atoms with Gasteiger partial charge in [-0.2, -0.15) is 0 Å². The Morgan fingerprint density at radius 1 is 1.03 bits per heavy atom. The van der Waals surface area contributed by atoms with Crippen molar-refractivity contribution in [3.8, 4) is 5.75 Å². The number of carbonyl (C=O) groups excluding carboxylic acids is 2. The van der Waals surface area contributed by atoms with Crippen LogP contribution in [-0.4, -0.2) is 57.1 Å². The second-order valence-electron chi connectivity index (χ2n) is 8.69. The van der Waals surface area contributed by atoms with Crippen molar-refractivity contribution in [1.82, 2.24) is 10.2 Å². The number of methoxy groups -OCH3 is 1. The molecule has 0 aliphatic rings. The van der Waals surface area contributed by atoms with Crippen molar-refractivity contribution in [3.05, 3.63) is 59.7 Å². The van der Waals surface area contributed by atoms with Crippen molar-refractivity contribution in [2.75, 3.05) is 24.2 Å². The van der Waals surface area contributed by atoms with E-state index in [1.807, 2.05) is 52.0 Å². The third-order valence-electron chi connectivity index (χ3n) is 5.89. The van der Waals surface area contributed by atoms with Gasteiger partial charge < -0.3 is 15.0 Å². The van der Waals surface area contributed by atoms with Gasteiger partial charge in [0.05, 0.1) is 19.1 Å². The molecule has 0 aliphatic heterocycles. The summed E-state index contributed by atoms with van der Waals surface area (Å²) < 4.78 is 31.8. The van der Waals surface area contributed by atoms with Gasteiger partial charge in [-0.1, -0.05) is 55.8 Å². The molecule has 0 saturated carbocycles. The van der Waals surface area contributed by atoms with Crippen LogP contribution in [0, 0.1) is 6.92 Å². The van der Waals surface area contributed by atoms with Crippen molar-refractivity contribution < 1.29 is 22.7 Å². The summed E-state index contributed by atoms with van der Waals surface area (Å²) in [6.45, 7) is 7.40.